The number of rotatable bonds is 8. The van der Waals surface area contributed by atoms with E-state index in [2.05, 4.69) is 16.0 Å². The fourth-order valence-electron chi connectivity index (χ4n) is 3.55. The van der Waals surface area contributed by atoms with Gasteiger partial charge < -0.3 is 20.5 Å². The van der Waals surface area contributed by atoms with Gasteiger partial charge in [-0.15, -0.1) is 0 Å². The van der Waals surface area contributed by atoms with Crippen molar-refractivity contribution in [3.8, 4) is 0 Å². The molecule has 7 nitrogen and oxygen atoms in total. The van der Waals surface area contributed by atoms with Crippen molar-refractivity contribution in [2.75, 3.05) is 0 Å². The molecule has 1 heterocycles. The van der Waals surface area contributed by atoms with E-state index < -0.39 is 30.0 Å². The summed E-state index contributed by atoms with van der Waals surface area (Å²) in [4.78, 5) is 36.3. The molecular formula is C24H22N3NaO4. The molecule has 0 saturated carbocycles. The Bertz CT molecular complexity index is 1120. The third kappa shape index (κ3) is 5.95. The normalized spacial score (nSPS) is 17.6. The van der Waals surface area contributed by atoms with Gasteiger partial charge in [0.25, 0.3) is 0 Å². The summed E-state index contributed by atoms with van der Waals surface area (Å²) in [5, 5.41) is 21.2. The second-order valence-electron chi connectivity index (χ2n) is 7.59. The third-order valence-corrected chi connectivity index (χ3v) is 5.32. The molecule has 3 aromatic rings. The second-order valence-corrected chi connectivity index (χ2v) is 7.59. The van der Waals surface area contributed by atoms with Crippen molar-refractivity contribution >= 4 is 28.6 Å². The summed E-state index contributed by atoms with van der Waals surface area (Å²) >= 11 is 0. The molecule has 0 aromatic heterocycles. The van der Waals surface area contributed by atoms with Gasteiger partial charge in [0.1, 0.15) is 12.1 Å². The van der Waals surface area contributed by atoms with Gasteiger partial charge in [-0.1, -0.05) is 72.8 Å². The molecular weight excluding hydrogens is 417 g/mol. The number of carbonyl (C=O) groups excluding carboxylic acids is 3. The van der Waals surface area contributed by atoms with E-state index in [0.717, 1.165) is 21.9 Å². The quantitative estimate of drug-likeness (QED) is 0.260. The maximum Gasteiger partial charge on any atom is 1.00 e. The standard InChI is InChI=1S/C24H23N3O4.Na/c28-22(25-14-15-6-2-1-3-7-15)19(26-23(29)20-21(27-20)24(30)31)13-16-10-11-17-8-4-5-9-18(17)12-16;/h1-12,19-21,27H,13-14H2,(H,25,28)(H,26,29)(H,30,31);/q;+1/p-1/t19-,20-,21-;/m0./s1. The van der Waals surface area contributed by atoms with Gasteiger partial charge in [-0.2, -0.15) is 0 Å². The molecule has 0 unspecified atom stereocenters. The summed E-state index contributed by atoms with van der Waals surface area (Å²) in [6, 6.07) is 20.5. The predicted molar refractivity (Wildman–Crippen MR) is 114 cm³/mol. The molecule has 1 saturated heterocycles. The van der Waals surface area contributed by atoms with Gasteiger partial charge in [-0.3, -0.25) is 14.9 Å². The van der Waals surface area contributed by atoms with E-state index in [9.17, 15) is 19.5 Å². The molecule has 3 N–H and O–H groups in total. The van der Waals surface area contributed by atoms with Crippen molar-refractivity contribution in [1.29, 1.82) is 0 Å². The first kappa shape index (κ1) is 23.9. The number of hydrogen-bond donors (Lipinski definition) is 3. The van der Waals surface area contributed by atoms with E-state index in [1.54, 1.807) is 0 Å². The van der Waals surface area contributed by atoms with E-state index >= 15 is 0 Å². The summed E-state index contributed by atoms with van der Waals surface area (Å²) in [7, 11) is 0. The summed E-state index contributed by atoms with van der Waals surface area (Å²) in [5.41, 5.74) is 1.83. The Morgan fingerprint density at radius 1 is 0.875 bits per heavy atom. The zero-order valence-electron chi connectivity index (χ0n) is 17.7. The molecule has 8 heteroatoms. The Labute approximate surface area is 207 Å². The molecule has 32 heavy (non-hydrogen) atoms. The molecule has 0 aliphatic carbocycles. The van der Waals surface area contributed by atoms with Gasteiger partial charge in [0, 0.05) is 13.0 Å². The zero-order valence-corrected chi connectivity index (χ0v) is 19.7. The molecule has 1 fully saturated rings. The van der Waals surface area contributed by atoms with Crippen molar-refractivity contribution in [2.24, 2.45) is 0 Å². The van der Waals surface area contributed by atoms with Crippen LogP contribution in [0, 0.1) is 0 Å². The van der Waals surface area contributed by atoms with Crippen LogP contribution in [0.15, 0.2) is 72.8 Å². The second kappa shape index (κ2) is 10.7. The van der Waals surface area contributed by atoms with E-state index in [1.807, 2.05) is 72.8 Å². The van der Waals surface area contributed by atoms with Gasteiger partial charge in [-0.05, 0) is 21.9 Å². The van der Waals surface area contributed by atoms with Crippen molar-refractivity contribution in [3.63, 3.8) is 0 Å². The fourth-order valence-corrected chi connectivity index (χ4v) is 3.55. The Morgan fingerprint density at radius 2 is 1.56 bits per heavy atom. The Hall–Kier alpha value is -2.71. The van der Waals surface area contributed by atoms with Gasteiger partial charge in [0.15, 0.2) is 0 Å². The predicted octanol–water partition coefficient (Wildman–Crippen LogP) is -2.72. The van der Waals surface area contributed by atoms with Gasteiger partial charge in [-0.25, -0.2) is 0 Å². The number of nitrogens with one attached hydrogen (secondary N) is 3. The third-order valence-electron chi connectivity index (χ3n) is 5.32. The molecule has 3 aromatic carbocycles. The summed E-state index contributed by atoms with van der Waals surface area (Å²) < 4.78 is 0. The van der Waals surface area contributed by atoms with Crippen LogP contribution in [-0.2, 0) is 27.3 Å². The average molecular weight is 439 g/mol. The minimum atomic E-state index is -1.33. The SMILES string of the molecule is O=C(NCc1ccccc1)[C@H](Cc1ccc2ccccc2c1)NC(=O)[C@H]1N[C@@H]1C(=O)[O-].[Na+]. The Kier molecular flexibility index (Phi) is 8.04. The molecule has 3 atom stereocenters. The number of fused-ring (bicyclic) bond motifs is 1. The van der Waals surface area contributed by atoms with Crippen LogP contribution in [0.1, 0.15) is 11.1 Å². The van der Waals surface area contributed by atoms with Crippen LogP contribution < -0.4 is 50.6 Å². The zero-order chi connectivity index (χ0) is 21.8. The minimum Gasteiger partial charge on any atom is -0.548 e. The minimum absolute atomic E-state index is 0. The molecule has 0 spiro atoms. The van der Waals surface area contributed by atoms with Gasteiger partial charge in [0.2, 0.25) is 11.8 Å². The number of carboxylic acid groups (broad SMARTS) is 1. The number of carboxylic acids is 1. The first-order chi connectivity index (χ1) is 15.0. The van der Waals surface area contributed by atoms with E-state index in [-0.39, 0.29) is 41.9 Å². The maximum atomic E-state index is 12.9. The Balaban J connectivity index is 0.00000289. The van der Waals surface area contributed by atoms with Crippen LogP contribution in [0.4, 0.5) is 0 Å². The topological polar surface area (TPSA) is 120 Å². The van der Waals surface area contributed by atoms with Crippen LogP contribution in [-0.4, -0.2) is 35.9 Å². The van der Waals surface area contributed by atoms with E-state index in [0.29, 0.717) is 6.54 Å². The summed E-state index contributed by atoms with van der Waals surface area (Å²) in [6.07, 6.45) is 0.278. The number of carbonyl (C=O) groups is 3. The fraction of sp³-hybridized carbons (Fsp3) is 0.208. The van der Waals surface area contributed by atoms with Crippen molar-refractivity contribution < 1.29 is 49.0 Å². The summed E-state index contributed by atoms with van der Waals surface area (Å²) in [5.74, 6) is -2.20. The largest absolute Gasteiger partial charge is 1.00 e. The van der Waals surface area contributed by atoms with E-state index in [4.69, 9.17) is 0 Å². The van der Waals surface area contributed by atoms with Crippen LogP contribution in [0.5, 0.6) is 0 Å². The number of hydrogen-bond acceptors (Lipinski definition) is 5. The molecule has 1 aliphatic rings. The maximum absolute atomic E-state index is 12.9. The van der Waals surface area contributed by atoms with Crippen molar-refractivity contribution in [1.82, 2.24) is 16.0 Å². The smallest absolute Gasteiger partial charge is 0.548 e. The van der Waals surface area contributed by atoms with Crippen LogP contribution >= 0.6 is 0 Å². The Morgan fingerprint density at radius 3 is 2.25 bits per heavy atom. The van der Waals surface area contributed by atoms with Crippen LogP contribution in [0.2, 0.25) is 0 Å². The first-order valence-electron chi connectivity index (χ1n) is 10.1. The molecule has 0 bridgehead atoms. The molecule has 2 amide bonds. The molecule has 158 valence electrons. The molecule has 0 radical (unpaired) electrons. The van der Waals surface area contributed by atoms with Gasteiger partial charge >= 0.3 is 29.6 Å². The number of amides is 2. The average Bonchev–Trinajstić information content (AvgIpc) is 3.59. The molecule has 4 rings (SSSR count). The monoisotopic (exact) mass is 439 g/mol. The van der Waals surface area contributed by atoms with Gasteiger partial charge in [0.05, 0.1) is 12.0 Å². The molecule has 1 aliphatic heterocycles. The number of aliphatic carboxylic acids is 1. The van der Waals surface area contributed by atoms with Crippen LogP contribution in [0.25, 0.3) is 10.8 Å². The van der Waals surface area contributed by atoms with Crippen LogP contribution in [0.3, 0.4) is 0 Å². The van der Waals surface area contributed by atoms with E-state index in [1.165, 1.54) is 0 Å². The van der Waals surface area contributed by atoms with Crippen molar-refractivity contribution in [2.45, 2.75) is 31.1 Å². The summed E-state index contributed by atoms with van der Waals surface area (Å²) in [6.45, 7) is 0.327. The number of benzene rings is 3. The first-order valence-corrected chi connectivity index (χ1v) is 10.1. The van der Waals surface area contributed by atoms with Crippen molar-refractivity contribution in [3.05, 3.63) is 83.9 Å².